The minimum absolute atomic E-state index is 0.0893. The molecule has 0 spiro atoms. The summed E-state index contributed by atoms with van der Waals surface area (Å²) >= 11 is 0. The number of hydrogen-bond acceptors (Lipinski definition) is 4. The molecule has 0 aromatic heterocycles. The van der Waals surface area contributed by atoms with Crippen molar-refractivity contribution >= 4 is 12.2 Å². The first-order chi connectivity index (χ1) is 13.9. The van der Waals surface area contributed by atoms with E-state index in [2.05, 4.69) is 11.8 Å². The number of rotatable bonds is 0. The Morgan fingerprint density at radius 2 is 1.43 bits per heavy atom. The molecule has 6 nitrogen and oxygen atoms in total. The third-order valence-electron chi connectivity index (χ3n) is 4.63. The van der Waals surface area contributed by atoms with Crippen molar-refractivity contribution in [3.63, 3.8) is 0 Å². The number of piperidine rings is 2. The first-order valence-electron chi connectivity index (χ1n) is 10.8. The molecular weight excluding hydrogens is 380 g/mol. The second-order valence-electron chi connectivity index (χ2n) is 9.78. The number of ether oxygens (including phenoxy) is 2. The summed E-state index contributed by atoms with van der Waals surface area (Å²) in [5.41, 5.74) is -0.881. The van der Waals surface area contributed by atoms with Crippen molar-refractivity contribution < 1.29 is 19.1 Å². The van der Waals surface area contributed by atoms with Gasteiger partial charge in [-0.2, -0.15) is 0 Å². The standard InChI is InChI=1S/2C12H19NO2/c1-5-10-7-6-8-13(9-10)11(14)15-12(2,3)4;1-5-10-8-6-7-9-13(10)11(14)15-12(2,3)4/h2*1,10H,6-9H2,2-4H3. The van der Waals surface area contributed by atoms with Crippen LogP contribution in [0.2, 0.25) is 0 Å². The molecule has 2 aliphatic heterocycles. The summed E-state index contributed by atoms with van der Waals surface area (Å²) in [6, 6.07) is -0.0893. The number of amides is 2. The van der Waals surface area contributed by atoms with Gasteiger partial charge in [0, 0.05) is 25.6 Å². The summed E-state index contributed by atoms with van der Waals surface area (Å²) < 4.78 is 10.6. The van der Waals surface area contributed by atoms with E-state index in [1.807, 2.05) is 41.5 Å². The smallest absolute Gasteiger partial charge is 0.411 e. The molecule has 2 atom stereocenters. The predicted molar refractivity (Wildman–Crippen MR) is 119 cm³/mol. The van der Waals surface area contributed by atoms with E-state index in [1.165, 1.54) is 0 Å². The quantitative estimate of drug-likeness (QED) is 0.536. The highest BCUT2D eigenvalue weighted by Crippen LogP contribution is 2.20. The first kappa shape index (κ1) is 25.7. The molecule has 6 heteroatoms. The van der Waals surface area contributed by atoms with Gasteiger partial charge < -0.3 is 14.4 Å². The summed E-state index contributed by atoms with van der Waals surface area (Å²) in [4.78, 5) is 26.9. The van der Waals surface area contributed by atoms with E-state index in [4.69, 9.17) is 22.3 Å². The molecule has 0 aromatic carbocycles. The van der Waals surface area contributed by atoms with Gasteiger partial charge in [0.15, 0.2) is 0 Å². The minimum atomic E-state index is -0.451. The van der Waals surface area contributed by atoms with Crippen molar-refractivity contribution in [1.82, 2.24) is 9.80 Å². The molecule has 2 rings (SSSR count). The molecule has 0 bridgehead atoms. The Kier molecular flexibility index (Phi) is 9.56. The maximum Gasteiger partial charge on any atom is 0.411 e. The maximum absolute atomic E-state index is 11.8. The lowest BCUT2D eigenvalue weighted by molar-refractivity contribution is 0.0155. The molecule has 0 N–H and O–H groups in total. The van der Waals surface area contributed by atoms with Crippen LogP contribution in [0.3, 0.4) is 0 Å². The Labute approximate surface area is 182 Å². The largest absolute Gasteiger partial charge is 0.444 e. The molecule has 0 aromatic rings. The normalized spacial score (nSPS) is 22.0. The SMILES string of the molecule is C#CC1CCCCN1C(=O)OC(C)(C)C.C#CC1CCCN(C(=O)OC(C)(C)C)C1. The summed E-state index contributed by atoms with van der Waals surface area (Å²) in [5.74, 6) is 5.53. The zero-order valence-corrected chi connectivity index (χ0v) is 19.5. The number of hydrogen-bond donors (Lipinski definition) is 0. The average molecular weight is 419 g/mol. The Morgan fingerprint density at radius 1 is 0.833 bits per heavy atom. The molecule has 2 amide bonds. The minimum Gasteiger partial charge on any atom is -0.444 e. The van der Waals surface area contributed by atoms with Gasteiger partial charge in [0.1, 0.15) is 11.2 Å². The number of carbonyl (C=O) groups is 2. The fourth-order valence-corrected chi connectivity index (χ4v) is 3.25. The van der Waals surface area contributed by atoms with Gasteiger partial charge in [0.05, 0.1) is 6.04 Å². The third kappa shape index (κ3) is 9.44. The molecular formula is C24H38N2O4. The van der Waals surface area contributed by atoms with Crippen molar-refractivity contribution in [1.29, 1.82) is 0 Å². The summed E-state index contributed by atoms with van der Waals surface area (Å²) in [5, 5.41) is 0. The van der Waals surface area contributed by atoms with Crippen molar-refractivity contribution in [3.8, 4) is 24.7 Å². The highest BCUT2D eigenvalue weighted by molar-refractivity contribution is 5.69. The van der Waals surface area contributed by atoms with Crippen molar-refractivity contribution in [2.24, 2.45) is 5.92 Å². The Balaban J connectivity index is 0.000000300. The molecule has 0 radical (unpaired) electrons. The first-order valence-corrected chi connectivity index (χ1v) is 10.8. The number of carbonyl (C=O) groups excluding carboxylic acids is 2. The van der Waals surface area contributed by atoms with Gasteiger partial charge >= 0.3 is 12.2 Å². The van der Waals surface area contributed by atoms with E-state index >= 15 is 0 Å². The molecule has 30 heavy (non-hydrogen) atoms. The van der Waals surface area contributed by atoms with Crippen LogP contribution in [0, 0.1) is 30.6 Å². The molecule has 2 aliphatic rings. The number of likely N-dealkylation sites (tertiary alicyclic amines) is 2. The van der Waals surface area contributed by atoms with Crippen LogP contribution in [-0.2, 0) is 9.47 Å². The van der Waals surface area contributed by atoms with E-state index < -0.39 is 11.2 Å². The van der Waals surface area contributed by atoms with Crippen LogP contribution in [0.5, 0.6) is 0 Å². The molecule has 2 unspecified atom stereocenters. The van der Waals surface area contributed by atoms with Crippen LogP contribution in [0.1, 0.15) is 73.6 Å². The lowest BCUT2D eigenvalue weighted by atomic mass is 9.99. The molecule has 2 fully saturated rings. The van der Waals surface area contributed by atoms with Crippen molar-refractivity contribution in [3.05, 3.63) is 0 Å². The Morgan fingerprint density at radius 3 is 1.97 bits per heavy atom. The molecule has 2 saturated heterocycles. The van der Waals surface area contributed by atoms with Gasteiger partial charge in [0.2, 0.25) is 0 Å². The molecule has 168 valence electrons. The zero-order chi connectivity index (χ0) is 22.9. The Bertz CT molecular complexity index is 661. The van der Waals surface area contributed by atoms with Crippen LogP contribution < -0.4 is 0 Å². The van der Waals surface area contributed by atoms with E-state index in [1.54, 1.807) is 9.80 Å². The van der Waals surface area contributed by atoms with E-state index in [0.29, 0.717) is 13.1 Å². The van der Waals surface area contributed by atoms with Crippen LogP contribution >= 0.6 is 0 Å². The average Bonchev–Trinajstić information content (AvgIpc) is 2.66. The van der Waals surface area contributed by atoms with Crippen LogP contribution in [0.15, 0.2) is 0 Å². The van der Waals surface area contributed by atoms with E-state index in [0.717, 1.165) is 38.6 Å². The monoisotopic (exact) mass is 418 g/mol. The van der Waals surface area contributed by atoms with Crippen LogP contribution in [0.4, 0.5) is 9.59 Å². The van der Waals surface area contributed by atoms with Crippen LogP contribution in [-0.4, -0.2) is 58.9 Å². The maximum atomic E-state index is 11.8. The Hall–Kier alpha value is -2.34. The number of terminal acetylenes is 2. The van der Waals surface area contributed by atoms with Gasteiger partial charge in [-0.25, -0.2) is 9.59 Å². The topological polar surface area (TPSA) is 59.1 Å². The fraction of sp³-hybridized carbons (Fsp3) is 0.750. The highest BCUT2D eigenvalue weighted by atomic mass is 16.6. The van der Waals surface area contributed by atoms with Gasteiger partial charge in [-0.1, -0.05) is 5.92 Å². The summed E-state index contributed by atoms with van der Waals surface area (Å²) in [7, 11) is 0. The van der Waals surface area contributed by atoms with Gasteiger partial charge in [-0.15, -0.1) is 18.8 Å². The van der Waals surface area contributed by atoms with Crippen molar-refractivity contribution in [2.75, 3.05) is 19.6 Å². The summed E-state index contributed by atoms with van der Waals surface area (Å²) in [6.45, 7) is 13.3. The molecule has 2 heterocycles. The lowest BCUT2D eigenvalue weighted by Gasteiger charge is -2.34. The van der Waals surface area contributed by atoms with Gasteiger partial charge in [-0.3, -0.25) is 4.90 Å². The van der Waals surface area contributed by atoms with Crippen LogP contribution in [0.25, 0.3) is 0 Å². The fourth-order valence-electron chi connectivity index (χ4n) is 3.25. The molecule has 0 saturated carbocycles. The second kappa shape index (κ2) is 11.2. The predicted octanol–water partition coefficient (Wildman–Crippen LogP) is 4.68. The van der Waals surface area contributed by atoms with Gasteiger partial charge in [0.25, 0.3) is 0 Å². The van der Waals surface area contributed by atoms with Crippen molar-refractivity contribution in [2.45, 2.75) is 90.9 Å². The molecule has 0 aliphatic carbocycles. The van der Waals surface area contributed by atoms with E-state index in [9.17, 15) is 9.59 Å². The third-order valence-corrected chi connectivity index (χ3v) is 4.63. The number of nitrogens with zero attached hydrogens (tertiary/aromatic N) is 2. The van der Waals surface area contributed by atoms with E-state index in [-0.39, 0.29) is 24.1 Å². The highest BCUT2D eigenvalue weighted by Gasteiger charge is 2.29. The zero-order valence-electron chi connectivity index (χ0n) is 19.5. The lowest BCUT2D eigenvalue weighted by Crippen LogP contribution is -2.45. The second-order valence-corrected chi connectivity index (χ2v) is 9.78. The van der Waals surface area contributed by atoms with Gasteiger partial charge in [-0.05, 0) is 73.6 Å². The summed E-state index contributed by atoms with van der Waals surface area (Å²) in [6.07, 6.45) is 15.2.